The van der Waals surface area contributed by atoms with Crippen LogP contribution in [0, 0.1) is 6.92 Å². The van der Waals surface area contributed by atoms with Gasteiger partial charge in [-0.05, 0) is 49.2 Å². The molecule has 0 bridgehead atoms. The van der Waals surface area contributed by atoms with E-state index in [2.05, 4.69) is 9.97 Å². The van der Waals surface area contributed by atoms with E-state index in [0.717, 1.165) is 12.0 Å². The van der Waals surface area contributed by atoms with E-state index < -0.39 is 0 Å². The van der Waals surface area contributed by atoms with Gasteiger partial charge in [0.2, 0.25) is 0 Å². The molecule has 3 aromatic rings. The number of aromatic amines is 1. The maximum atomic E-state index is 12.7. The van der Waals surface area contributed by atoms with Crippen LogP contribution < -0.4 is 10.3 Å². The van der Waals surface area contributed by atoms with Crippen molar-refractivity contribution < 1.29 is 9.53 Å². The molecule has 0 spiro atoms. The second-order valence-corrected chi connectivity index (χ2v) is 7.56. The number of halogens is 2. The van der Waals surface area contributed by atoms with Crippen LogP contribution in [0.5, 0.6) is 5.75 Å². The van der Waals surface area contributed by atoms with Gasteiger partial charge in [0.1, 0.15) is 11.6 Å². The first kappa shape index (κ1) is 21.1. The zero-order chi connectivity index (χ0) is 21.0. The highest BCUT2D eigenvalue weighted by Crippen LogP contribution is 2.25. The number of amides is 1. The van der Waals surface area contributed by atoms with Gasteiger partial charge in [0.05, 0.1) is 22.5 Å². The normalized spacial score (nSPS) is 10.9. The number of hydrogen-bond donors (Lipinski definition) is 1. The number of aromatic nitrogens is 2. The number of carbonyl (C=O) groups is 1. The monoisotopic (exact) mass is 433 g/mol. The van der Waals surface area contributed by atoms with E-state index in [-0.39, 0.29) is 24.6 Å². The zero-order valence-corrected chi connectivity index (χ0v) is 17.7. The molecule has 2 aromatic carbocycles. The largest absolute Gasteiger partial charge is 0.482 e. The Kier molecular flexibility index (Phi) is 6.77. The van der Waals surface area contributed by atoms with Crippen molar-refractivity contribution in [1.82, 2.24) is 14.9 Å². The Morgan fingerprint density at radius 2 is 2.00 bits per heavy atom. The third-order valence-electron chi connectivity index (χ3n) is 4.34. The molecule has 6 nitrogen and oxygen atoms in total. The van der Waals surface area contributed by atoms with Gasteiger partial charge in [-0.15, -0.1) is 0 Å². The van der Waals surface area contributed by atoms with Gasteiger partial charge in [-0.25, -0.2) is 4.98 Å². The predicted molar refractivity (Wildman–Crippen MR) is 115 cm³/mol. The molecule has 0 radical (unpaired) electrons. The van der Waals surface area contributed by atoms with Gasteiger partial charge in [0, 0.05) is 11.6 Å². The molecule has 1 aromatic heterocycles. The SMILES string of the molecule is CCCN(Cc1nc2cc(Cl)ccc2c(=O)[nH]1)C(=O)COc1cc(C)ccc1Cl. The summed E-state index contributed by atoms with van der Waals surface area (Å²) >= 11 is 12.1. The molecule has 8 heteroatoms. The van der Waals surface area contributed by atoms with Crippen molar-refractivity contribution in [2.45, 2.75) is 26.8 Å². The van der Waals surface area contributed by atoms with Gasteiger partial charge >= 0.3 is 0 Å². The third kappa shape index (κ3) is 5.28. The number of benzene rings is 2. The first-order chi connectivity index (χ1) is 13.9. The summed E-state index contributed by atoms with van der Waals surface area (Å²) in [6.07, 6.45) is 0.751. The molecule has 3 rings (SSSR count). The van der Waals surface area contributed by atoms with Crippen molar-refractivity contribution >= 4 is 40.0 Å². The van der Waals surface area contributed by atoms with Crippen LogP contribution in [-0.4, -0.2) is 33.9 Å². The Morgan fingerprint density at radius 3 is 2.76 bits per heavy atom. The Bertz CT molecular complexity index is 1100. The van der Waals surface area contributed by atoms with E-state index >= 15 is 0 Å². The molecule has 0 aliphatic heterocycles. The maximum absolute atomic E-state index is 12.7. The molecule has 0 fully saturated rings. The van der Waals surface area contributed by atoms with Crippen LogP contribution in [0.25, 0.3) is 10.9 Å². The van der Waals surface area contributed by atoms with Crippen LogP contribution in [0.1, 0.15) is 24.7 Å². The number of nitrogens with zero attached hydrogens (tertiary/aromatic N) is 2. The number of aryl methyl sites for hydroxylation is 1. The highest BCUT2D eigenvalue weighted by Gasteiger charge is 2.17. The van der Waals surface area contributed by atoms with Crippen LogP contribution in [0.2, 0.25) is 10.0 Å². The molecule has 0 saturated heterocycles. The molecule has 152 valence electrons. The van der Waals surface area contributed by atoms with Gasteiger partial charge in [0.25, 0.3) is 11.5 Å². The minimum atomic E-state index is -0.270. The molecule has 0 aliphatic rings. The first-order valence-corrected chi connectivity index (χ1v) is 9.98. The van der Waals surface area contributed by atoms with Gasteiger partial charge < -0.3 is 14.6 Å². The van der Waals surface area contributed by atoms with Crippen molar-refractivity contribution in [2.24, 2.45) is 0 Å². The summed E-state index contributed by atoms with van der Waals surface area (Å²) in [6.45, 7) is 4.39. The van der Waals surface area contributed by atoms with E-state index in [1.54, 1.807) is 35.2 Å². The number of carbonyl (C=O) groups excluding carboxylic acids is 1. The molecule has 1 heterocycles. The standard InChI is InChI=1S/C21H21Cl2N3O3/c1-3-8-26(20(27)12-29-18-9-13(2)4-7-16(18)23)11-19-24-17-10-14(22)5-6-15(17)21(28)25-19/h4-7,9-10H,3,8,11-12H2,1-2H3,(H,24,25,28). The Morgan fingerprint density at radius 1 is 1.21 bits per heavy atom. The Labute approximate surface area is 178 Å². The van der Waals surface area contributed by atoms with Crippen molar-refractivity contribution in [3.63, 3.8) is 0 Å². The minimum Gasteiger partial charge on any atom is -0.482 e. The van der Waals surface area contributed by atoms with Gasteiger partial charge in [-0.2, -0.15) is 0 Å². The molecule has 0 atom stereocenters. The summed E-state index contributed by atoms with van der Waals surface area (Å²) in [5.41, 5.74) is 1.20. The summed E-state index contributed by atoms with van der Waals surface area (Å²) < 4.78 is 5.62. The van der Waals surface area contributed by atoms with Crippen LogP contribution in [0.15, 0.2) is 41.2 Å². The summed E-state index contributed by atoms with van der Waals surface area (Å²) in [5.74, 6) is 0.627. The van der Waals surface area contributed by atoms with E-state index in [9.17, 15) is 9.59 Å². The summed E-state index contributed by atoms with van der Waals surface area (Å²) in [5, 5.41) is 1.39. The molecule has 1 amide bonds. The fraction of sp³-hybridized carbons (Fsp3) is 0.286. The molecule has 0 saturated carbocycles. The average Bonchev–Trinajstić information content (AvgIpc) is 2.67. The van der Waals surface area contributed by atoms with E-state index in [4.69, 9.17) is 27.9 Å². The lowest BCUT2D eigenvalue weighted by molar-refractivity contribution is -0.134. The molecule has 29 heavy (non-hydrogen) atoms. The van der Waals surface area contributed by atoms with Crippen LogP contribution in [0.3, 0.4) is 0 Å². The Balaban J connectivity index is 1.77. The van der Waals surface area contributed by atoms with Crippen LogP contribution in [-0.2, 0) is 11.3 Å². The fourth-order valence-corrected chi connectivity index (χ4v) is 3.27. The third-order valence-corrected chi connectivity index (χ3v) is 4.89. The van der Waals surface area contributed by atoms with Crippen molar-refractivity contribution in [3.8, 4) is 5.75 Å². The van der Waals surface area contributed by atoms with Gasteiger partial charge in [-0.1, -0.05) is 36.2 Å². The van der Waals surface area contributed by atoms with Gasteiger partial charge in [-0.3, -0.25) is 9.59 Å². The summed E-state index contributed by atoms with van der Waals surface area (Å²) in [4.78, 5) is 33.8. The summed E-state index contributed by atoms with van der Waals surface area (Å²) in [7, 11) is 0. The quantitative estimate of drug-likeness (QED) is 0.600. The van der Waals surface area contributed by atoms with Crippen LogP contribution in [0.4, 0.5) is 0 Å². The minimum absolute atomic E-state index is 0.160. The highest BCUT2D eigenvalue weighted by atomic mass is 35.5. The number of ether oxygens (including phenoxy) is 1. The first-order valence-electron chi connectivity index (χ1n) is 9.22. The average molecular weight is 434 g/mol. The lowest BCUT2D eigenvalue weighted by atomic mass is 10.2. The maximum Gasteiger partial charge on any atom is 0.260 e. The predicted octanol–water partition coefficient (Wildman–Crippen LogP) is 4.36. The molecule has 1 N–H and O–H groups in total. The molecule has 0 unspecified atom stereocenters. The van der Waals surface area contributed by atoms with E-state index in [1.807, 2.05) is 19.9 Å². The molecular formula is C21H21Cl2N3O3. The van der Waals surface area contributed by atoms with Crippen molar-refractivity contribution in [2.75, 3.05) is 13.2 Å². The number of fused-ring (bicyclic) bond motifs is 1. The van der Waals surface area contributed by atoms with E-state index in [1.165, 1.54) is 0 Å². The van der Waals surface area contributed by atoms with Crippen molar-refractivity contribution in [1.29, 1.82) is 0 Å². The fourth-order valence-electron chi connectivity index (χ4n) is 2.93. The second-order valence-electron chi connectivity index (χ2n) is 6.71. The number of rotatable bonds is 7. The van der Waals surface area contributed by atoms with Crippen LogP contribution >= 0.6 is 23.2 Å². The lowest BCUT2D eigenvalue weighted by Gasteiger charge is -2.22. The Hall–Kier alpha value is -2.57. The lowest BCUT2D eigenvalue weighted by Crippen LogP contribution is -2.36. The second kappa shape index (κ2) is 9.29. The topological polar surface area (TPSA) is 75.3 Å². The highest BCUT2D eigenvalue weighted by molar-refractivity contribution is 6.32. The smallest absolute Gasteiger partial charge is 0.260 e. The number of hydrogen-bond acceptors (Lipinski definition) is 4. The molecular weight excluding hydrogens is 413 g/mol. The molecule has 0 aliphatic carbocycles. The summed E-state index contributed by atoms with van der Waals surface area (Å²) in [6, 6.07) is 10.3. The zero-order valence-electron chi connectivity index (χ0n) is 16.2. The number of H-pyrrole nitrogens is 1. The van der Waals surface area contributed by atoms with E-state index in [0.29, 0.717) is 39.1 Å². The van der Waals surface area contributed by atoms with Crippen molar-refractivity contribution in [3.05, 3.63) is 68.2 Å². The van der Waals surface area contributed by atoms with Gasteiger partial charge in [0.15, 0.2) is 6.61 Å². The number of nitrogens with one attached hydrogen (secondary N) is 1.